The molecule has 1 heterocycles. The fraction of sp³-hybridized carbons (Fsp3) is 0.263. The molecule has 6 heteroatoms. The van der Waals surface area contributed by atoms with Crippen LogP contribution in [0.15, 0.2) is 53.7 Å². The molecule has 0 aliphatic rings. The lowest BCUT2D eigenvalue weighted by Gasteiger charge is -2.09. The molecule has 0 fully saturated rings. The Morgan fingerprint density at radius 2 is 1.64 bits per heavy atom. The standard InChI is InChI=1S/C19H19Cl2N3S/c1-2-24-18(12-11-14-7-4-3-5-8-14)22-23-19(24)25-13-15-16(20)9-6-10-17(15)21/h3-10H,2,11-13H2,1H3. The van der Waals surface area contributed by atoms with Crippen LogP contribution in [0.5, 0.6) is 0 Å². The normalized spacial score (nSPS) is 11.0. The van der Waals surface area contributed by atoms with Crippen molar-refractivity contribution in [2.45, 2.75) is 37.2 Å². The van der Waals surface area contributed by atoms with Gasteiger partial charge in [-0.15, -0.1) is 10.2 Å². The molecule has 0 aliphatic heterocycles. The van der Waals surface area contributed by atoms with Gasteiger partial charge in [0.25, 0.3) is 0 Å². The third-order valence-corrected chi connectivity index (χ3v) is 5.70. The van der Waals surface area contributed by atoms with Gasteiger partial charge in [0.2, 0.25) is 0 Å². The Labute approximate surface area is 162 Å². The van der Waals surface area contributed by atoms with E-state index in [0.717, 1.165) is 35.9 Å². The molecule has 25 heavy (non-hydrogen) atoms. The molecule has 0 spiro atoms. The van der Waals surface area contributed by atoms with Gasteiger partial charge in [0.1, 0.15) is 5.82 Å². The van der Waals surface area contributed by atoms with Crippen LogP contribution in [0.2, 0.25) is 10.0 Å². The van der Waals surface area contributed by atoms with Crippen LogP contribution in [0.3, 0.4) is 0 Å². The molecule has 0 saturated heterocycles. The molecular weight excluding hydrogens is 373 g/mol. The molecule has 0 atom stereocenters. The number of benzene rings is 2. The number of nitrogens with zero attached hydrogens (tertiary/aromatic N) is 3. The lowest BCUT2D eigenvalue weighted by atomic mass is 10.1. The molecule has 0 unspecified atom stereocenters. The third kappa shape index (κ3) is 4.57. The van der Waals surface area contributed by atoms with Crippen molar-refractivity contribution in [3.63, 3.8) is 0 Å². The summed E-state index contributed by atoms with van der Waals surface area (Å²) < 4.78 is 2.17. The van der Waals surface area contributed by atoms with E-state index >= 15 is 0 Å². The predicted molar refractivity (Wildman–Crippen MR) is 106 cm³/mol. The van der Waals surface area contributed by atoms with E-state index in [1.54, 1.807) is 11.8 Å². The number of hydrogen-bond acceptors (Lipinski definition) is 3. The second kappa shape index (κ2) is 8.75. The Morgan fingerprint density at radius 3 is 2.32 bits per heavy atom. The summed E-state index contributed by atoms with van der Waals surface area (Å²) in [4.78, 5) is 0. The van der Waals surface area contributed by atoms with Gasteiger partial charge in [0.05, 0.1) is 0 Å². The van der Waals surface area contributed by atoms with E-state index in [4.69, 9.17) is 23.2 Å². The molecule has 0 radical (unpaired) electrons. The highest BCUT2D eigenvalue weighted by atomic mass is 35.5. The number of rotatable bonds is 7. The van der Waals surface area contributed by atoms with E-state index in [2.05, 4.69) is 46.0 Å². The van der Waals surface area contributed by atoms with Crippen LogP contribution in [0.4, 0.5) is 0 Å². The highest BCUT2D eigenvalue weighted by Gasteiger charge is 2.13. The SMILES string of the molecule is CCn1c(CCc2ccccc2)nnc1SCc1c(Cl)cccc1Cl. The molecule has 0 N–H and O–H groups in total. The molecule has 2 aromatic carbocycles. The van der Waals surface area contributed by atoms with Gasteiger partial charge in [-0.25, -0.2) is 0 Å². The summed E-state index contributed by atoms with van der Waals surface area (Å²) in [7, 11) is 0. The maximum Gasteiger partial charge on any atom is 0.191 e. The van der Waals surface area contributed by atoms with Crippen LogP contribution < -0.4 is 0 Å². The minimum absolute atomic E-state index is 0.676. The Bertz CT molecular complexity index is 814. The van der Waals surface area contributed by atoms with Gasteiger partial charge in [-0.05, 0) is 36.6 Å². The van der Waals surface area contributed by atoms with E-state index in [-0.39, 0.29) is 0 Å². The average Bonchev–Trinajstić information content (AvgIpc) is 3.02. The maximum absolute atomic E-state index is 6.25. The van der Waals surface area contributed by atoms with Gasteiger partial charge in [0.15, 0.2) is 5.16 Å². The van der Waals surface area contributed by atoms with Crippen molar-refractivity contribution in [3.8, 4) is 0 Å². The van der Waals surface area contributed by atoms with E-state index in [9.17, 15) is 0 Å². The number of aryl methyl sites for hydroxylation is 2. The molecule has 0 bridgehead atoms. The van der Waals surface area contributed by atoms with Crippen LogP contribution in [-0.2, 0) is 25.1 Å². The lowest BCUT2D eigenvalue weighted by molar-refractivity contribution is 0.638. The monoisotopic (exact) mass is 391 g/mol. The molecular formula is C19H19Cl2N3S. The summed E-state index contributed by atoms with van der Waals surface area (Å²) in [6.07, 6.45) is 1.83. The Balaban J connectivity index is 1.69. The highest BCUT2D eigenvalue weighted by Crippen LogP contribution is 2.31. The summed E-state index contributed by atoms with van der Waals surface area (Å²) in [5.74, 6) is 1.69. The van der Waals surface area contributed by atoms with E-state index in [0.29, 0.717) is 15.8 Å². The maximum atomic E-state index is 6.25. The number of aromatic nitrogens is 3. The average molecular weight is 392 g/mol. The van der Waals surface area contributed by atoms with Crippen LogP contribution in [0, 0.1) is 0 Å². The minimum Gasteiger partial charge on any atom is -0.306 e. The lowest BCUT2D eigenvalue weighted by Crippen LogP contribution is -2.05. The molecule has 3 aromatic rings. The van der Waals surface area contributed by atoms with Gasteiger partial charge < -0.3 is 4.57 Å². The summed E-state index contributed by atoms with van der Waals surface area (Å²) in [5, 5.41) is 11.0. The van der Waals surface area contributed by atoms with Crippen molar-refractivity contribution in [1.82, 2.24) is 14.8 Å². The van der Waals surface area contributed by atoms with Gasteiger partial charge in [0, 0.05) is 28.8 Å². The first kappa shape index (κ1) is 18.3. The van der Waals surface area contributed by atoms with Crippen LogP contribution in [-0.4, -0.2) is 14.8 Å². The Morgan fingerprint density at radius 1 is 0.920 bits per heavy atom. The second-order valence-corrected chi connectivity index (χ2v) is 7.37. The first-order valence-electron chi connectivity index (χ1n) is 8.20. The van der Waals surface area contributed by atoms with Crippen molar-refractivity contribution in [2.75, 3.05) is 0 Å². The summed E-state index contributed by atoms with van der Waals surface area (Å²) in [5.41, 5.74) is 2.25. The zero-order valence-electron chi connectivity index (χ0n) is 14.0. The molecule has 0 amide bonds. The summed E-state index contributed by atoms with van der Waals surface area (Å²) in [6, 6.07) is 16.0. The van der Waals surface area contributed by atoms with E-state index in [1.165, 1.54) is 5.56 Å². The molecule has 3 nitrogen and oxygen atoms in total. The molecule has 0 saturated carbocycles. The Kier molecular flexibility index (Phi) is 6.40. The van der Waals surface area contributed by atoms with E-state index < -0.39 is 0 Å². The number of halogens is 2. The van der Waals surface area contributed by atoms with Gasteiger partial charge in [-0.1, -0.05) is 71.4 Å². The van der Waals surface area contributed by atoms with Gasteiger partial charge in [-0.3, -0.25) is 0 Å². The first-order chi connectivity index (χ1) is 12.2. The predicted octanol–water partition coefficient (Wildman–Crippen LogP) is 5.68. The van der Waals surface area contributed by atoms with Gasteiger partial charge >= 0.3 is 0 Å². The number of thioether (sulfide) groups is 1. The second-order valence-electron chi connectivity index (χ2n) is 5.62. The third-order valence-electron chi connectivity index (χ3n) is 4.00. The largest absolute Gasteiger partial charge is 0.306 e. The first-order valence-corrected chi connectivity index (χ1v) is 9.95. The molecule has 130 valence electrons. The van der Waals surface area contributed by atoms with Crippen molar-refractivity contribution < 1.29 is 0 Å². The molecule has 1 aromatic heterocycles. The van der Waals surface area contributed by atoms with Crippen LogP contribution >= 0.6 is 35.0 Å². The topological polar surface area (TPSA) is 30.7 Å². The Hall–Kier alpha value is -1.49. The quantitative estimate of drug-likeness (QED) is 0.485. The fourth-order valence-electron chi connectivity index (χ4n) is 2.64. The summed E-state index contributed by atoms with van der Waals surface area (Å²) >= 11 is 14.1. The summed E-state index contributed by atoms with van der Waals surface area (Å²) in [6.45, 7) is 2.96. The van der Waals surface area contributed by atoms with Crippen LogP contribution in [0.25, 0.3) is 0 Å². The van der Waals surface area contributed by atoms with Crippen LogP contribution in [0.1, 0.15) is 23.9 Å². The smallest absolute Gasteiger partial charge is 0.191 e. The molecule has 0 aliphatic carbocycles. The fourth-order valence-corrected chi connectivity index (χ4v) is 4.40. The zero-order chi connectivity index (χ0) is 17.6. The van der Waals surface area contributed by atoms with Gasteiger partial charge in [-0.2, -0.15) is 0 Å². The minimum atomic E-state index is 0.676. The van der Waals surface area contributed by atoms with E-state index in [1.807, 2.05) is 24.3 Å². The van der Waals surface area contributed by atoms with Crippen molar-refractivity contribution in [3.05, 3.63) is 75.5 Å². The van der Waals surface area contributed by atoms with Crippen molar-refractivity contribution in [1.29, 1.82) is 0 Å². The highest BCUT2D eigenvalue weighted by molar-refractivity contribution is 7.98. The number of hydrogen-bond donors (Lipinski definition) is 0. The van der Waals surface area contributed by atoms with Crippen molar-refractivity contribution >= 4 is 35.0 Å². The zero-order valence-corrected chi connectivity index (χ0v) is 16.3. The molecule has 3 rings (SSSR count). The van der Waals surface area contributed by atoms with Crippen molar-refractivity contribution in [2.24, 2.45) is 0 Å².